The van der Waals surface area contributed by atoms with Gasteiger partial charge in [-0.15, -0.1) is 21.5 Å². The molecule has 0 unspecified atom stereocenters. The molecule has 18 heavy (non-hydrogen) atoms. The van der Waals surface area contributed by atoms with Crippen LogP contribution in [-0.4, -0.2) is 15.2 Å². The fourth-order valence-electron chi connectivity index (χ4n) is 1.40. The fraction of sp³-hybridized carbons (Fsp3) is 0.0909. The molecular formula is C11H8ClN3OS2. The first-order chi connectivity index (χ1) is 8.81. The number of aromatic amines is 1. The van der Waals surface area contributed by atoms with Gasteiger partial charge in [-0.3, -0.25) is 0 Å². The maximum atomic E-state index is 5.87. The van der Waals surface area contributed by atoms with Crippen LogP contribution in [0.4, 0.5) is 0 Å². The highest BCUT2D eigenvalue weighted by molar-refractivity contribution is 7.98. The number of thioether (sulfide) groups is 1. The van der Waals surface area contributed by atoms with Crippen molar-refractivity contribution in [2.75, 3.05) is 0 Å². The Bertz CT molecular complexity index is 632. The van der Waals surface area contributed by atoms with Crippen LogP contribution in [0.25, 0.3) is 11.6 Å². The molecule has 0 radical (unpaired) electrons. The molecule has 7 heteroatoms. The lowest BCUT2D eigenvalue weighted by molar-refractivity contribution is 0.465. The molecule has 0 atom stereocenters. The van der Waals surface area contributed by atoms with Gasteiger partial charge in [0.1, 0.15) is 5.69 Å². The van der Waals surface area contributed by atoms with Gasteiger partial charge in [0.2, 0.25) is 0 Å². The summed E-state index contributed by atoms with van der Waals surface area (Å²) < 4.78 is 6.33. The average molecular weight is 298 g/mol. The first-order valence-corrected chi connectivity index (χ1v) is 7.33. The van der Waals surface area contributed by atoms with Crippen molar-refractivity contribution >= 4 is 34.7 Å². The molecule has 0 amide bonds. The molecule has 0 saturated heterocycles. The molecule has 0 aliphatic heterocycles. The van der Waals surface area contributed by atoms with Crippen molar-refractivity contribution in [3.05, 3.63) is 39.7 Å². The molecule has 3 rings (SSSR count). The Morgan fingerprint density at radius 1 is 1.33 bits per heavy atom. The minimum absolute atomic E-state index is 0.506. The first-order valence-electron chi connectivity index (χ1n) is 5.15. The van der Waals surface area contributed by atoms with Crippen LogP contribution in [-0.2, 0) is 5.75 Å². The predicted octanol–water partition coefficient (Wildman–Crippen LogP) is 4.07. The lowest BCUT2D eigenvalue weighted by Gasteiger charge is -1.92. The Hall–Kier alpha value is -1.24. The summed E-state index contributed by atoms with van der Waals surface area (Å²) in [6.45, 7) is 0. The smallest absolute Gasteiger partial charge is 0.277 e. The fourth-order valence-corrected chi connectivity index (χ4v) is 3.30. The van der Waals surface area contributed by atoms with E-state index in [0.29, 0.717) is 11.1 Å². The van der Waals surface area contributed by atoms with E-state index in [1.807, 2.05) is 30.5 Å². The molecule has 92 valence electrons. The number of aromatic nitrogens is 3. The van der Waals surface area contributed by atoms with E-state index in [4.69, 9.17) is 16.0 Å². The van der Waals surface area contributed by atoms with Crippen LogP contribution >= 0.6 is 34.7 Å². The van der Waals surface area contributed by atoms with Gasteiger partial charge in [0.05, 0.1) is 4.34 Å². The monoisotopic (exact) mass is 297 g/mol. The molecule has 0 aromatic carbocycles. The highest BCUT2D eigenvalue weighted by Gasteiger charge is 2.10. The lowest BCUT2D eigenvalue weighted by Crippen LogP contribution is -1.75. The van der Waals surface area contributed by atoms with E-state index in [0.717, 1.165) is 15.8 Å². The third-order valence-electron chi connectivity index (χ3n) is 2.20. The van der Waals surface area contributed by atoms with Gasteiger partial charge in [0.25, 0.3) is 11.1 Å². The lowest BCUT2D eigenvalue weighted by atomic mass is 10.4. The first kappa shape index (κ1) is 11.8. The second kappa shape index (κ2) is 5.17. The van der Waals surface area contributed by atoms with Crippen molar-refractivity contribution in [1.82, 2.24) is 15.2 Å². The minimum atomic E-state index is 0.506. The molecule has 3 heterocycles. The van der Waals surface area contributed by atoms with Crippen molar-refractivity contribution in [1.29, 1.82) is 0 Å². The van der Waals surface area contributed by atoms with Gasteiger partial charge in [0.15, 0.2) is 0 Å². The number of halogens is 1. The van der Waals surface area contributed by atoms with Crippen molar-refractivity contribution in [2.24, 2.45) is 0 Å². The largest absolute Gasteiger partial charge is 0.410 e. The van der Waals surface area contributed by atoms with Gasteiger partial charge in [-0.2, -0.15) is 0 Å². The molecule has 4 nitrogen and oxygen atoms in total. The average Bonchev–Trinajstić information content (AvgIpc) is 3.07. The number of rotatable bonds is 4. The van der Waals surface area contributed by atoms with Crippen LogP contribution in [0.2, 0.25) is 4.34 Å². The second-order valence-electron chi connectivity index (χ2n) is 3.45. The standard InChI is InChI=1S/C11H8ClN3OS2/c12-9-4-3-7(18-9)6-17-11-15-14-10(16-11)8-2-1-5-13-8/h1-5,13H,6H2. The molecule has 3 aromatic heterocycles. The van der Waals surface area contributed by atoms with Crippen LogP contribution in [0.3, 0.4) is 0 Å². The van der Waals surface area contributed by atoms with Crippen LogP contribution < -0.4 is 0 Å². The number of thiophene rings is 1. The Kier molecular flexibility index (Phi) is 3.40. The van der Waals surface area contributed by atoms with Crippen molar-refractivity contribution < 1.29 is 4.42 Å². The Morgan fingerprint density at radius 3 is 3.00 bits per heavy atom. The van der Waals surface area contributed by atoms with Crippen LogP contribution in [0.15, 0.2) is 40.1 Å². The number of H-pyrrole nitrogens is 1. The van der Waals surface area contributed by atoms with Gasteiger partial charge in [-0.05, 0) is 24.3 Å². The zero-order valence-electron chi connectivity index (χ0n) is 9.09. The third kappa shape index (κ3) is 2.60. The topological polar surface area (TPSA) is 54.7 Å². The van der Waals surface area contributed by atoms with Crippen LogP contribution in [0.5, 0.6) is 0 Å². The maximum absolute atomic E-state index is 5.87. The highest BCUT2D eigenvalue weighted by Crippen LogP contribution is 2.29. The van der Waals surface area contributed by atoms with Crippen molar-refractivity contribution in [2.45, 2.75) is 11.0 Å². The van der Waals surface area contributed by atoms with Gasteiger partial charge in [-0.25, -0.2) is 0 Å². The minimum Gasteiger partial charge on any atom is -0.410 e. The van der Waals surface area contributed by atoms with Gasteiger partial charge in [-0.1, -0.05) is 23.4 Å². The molecule has 0 aliphatic rings. The number of hydrogen-bond donors (Lipinski definition) is 1. The summed E-state index contributed by atoms with van der Waals surface area (Å²) in [7, 11) is 0. The highest BCUT2D eigenvalue weighted by atomic mass is 35.5. The molecule has 3 aromatic rings. The molecule has 1 N–H and O–H groups in total. The Labute approximate surface area is 116 Å². The molecule has 0 saturated carbocycles. The van der Waals surface area contributed by atoms with E-state index >= 15 is 0 Å². The zero-order chi connectivity index (χ0) is 12.4. The van der Waals surface area contributed by atoms with E-state index in [-0.39, 0.29) is 0 Å². The summed E-state index contributed by atoms with van der Waals surface area (Å²) in [4.78, 5) is 4.21. The SMILES string of the molecule is Clc1ccc(CSc2nnc(-c3ccc[nH]3)o2)s1. The molecule has 0 fully saturated rings. The Morgan fingerprint density at radius 2 is 2.28 bits per heavy atom. The zero-order valence-corrected chi connectivity index (χ0v) is 11.5. The van der Waals surface area contributed by atoms with Crippen LogP contribution in [0.1, 0.15) is 4.88 Å². The van der Waals surface area contributed by atoms with E-state index in [1.54, 1.807) is 11.3 Å². The molecular weight excluding hydrogens is 290 g/mol. The summed E-state index contributed by atoms with van der Waals surface area (Å²) in [5.74, 6) is 1.29. The summed E-state index contributed by atoms with van der Waals surface area (Å²) in [5.41, 5.74) is 0.827. The maximum Gasteiger partial charge on any atom is 0.277 e. The van der Waals surface area contributed by atoms with Gasteiger partial charge in [0, 0.05) is 16.8 Å². The van der Waals surface area contributed by atoms with Crippen molar-refractivity contribution in [3.63, 3.8) is 0 Å². The second-order valence-corrected chi connectivity index (χ2v) is 6.18. The van der Waals surface area contributed by atoms with E-state index in [1.165, 1.54) is 16.6 Å². The van der Waals surface area contributed by atoms with Crippen molar-refractivity contribution in [3.8, 4) is 11.6 Å². The number of nitrogens with zero attached hydrogens (tertiary/aromatic N) is 2. The predicted molar refractivity (Wildman–Crippen MR) is 73.0 cm³/mol. The molecule has 0 spiro atoms. The summed E-state index contributed by atoms with van der Waals surface area (Å²) in [6.07, 6.45) is 1.82. The van der Waals surface area contributed by atoms with Gasteiger partial charge < -0.3 is 9.40 Å². The quantitative estimate of drug-likeness (QED) is 0.738. The molecule has 0 aliphatic carbocycles. The van der Waals surface area contributed by atoms with E-state index < -0.39 is 0 Å². The summed E-state index contributed by atoms with van der Waals surface area (Å²) >= 11 is 8.93. The summed E-state index contributed by atoms with van der Waals surface area (Å²) in [6, 6.07) is 7.67. The summed E-state index contributed by atoms with van der Waals surface area (Å²) in [5, 5.41) is 8.54. The number of hydrogen-bond acceptors (Lipinski definition) is 5. The molecule has 0 bridgehead atoms. The third-order valence-corrected chi connectivity index (χ3v) is 4.48. The van der Waals surface area contributed by atoms with E-state index in [9.17, 15) is 0 Å². The van der Waals surface area contributed by atoms with E-state index in [2.05, 4.69) is 15.2 Å². The van der Waals surface area contributed by atoms with Gasteiger partial charge >= 0.3 is 0 Å². The Balaban J connectivity index is 1.67. The van der Waals surface area contributed by atoms with Crippen LogP contribution in [0, 0.1) is 0 Å². The number of nitrogens with one attached hydrogen (secondary N) is 1. The normalized spacial score (nSPS) is 10.9.